The van der Waals surface area contributed by atoms with Crippen LogP contribution in [0.15, 0.2) is 75.4 Å². The van der Waals surface area contributed by atoms with Crippen molar-refractivity contribution in [2.24, 2.45) is 29.6 Å². The molecule has 0 heterocycles. The number of thioether (sulfide) groups is 1. The average molecular weight is 637 g/mol. The lowest BCUT2D eigenvalue weighted by molar-refractivity contribution is 0.0974. The largest absolute Gasteiger partial charge is 0.289 e. The van der Waals surface area contributed by atoms with E-state index in [9.17, 15) is 9.59 Å². The molecule has 3 aromatic carbocycles. The Hall–Kier alpha value is -2.30. The summed E-state index contributed by atoms with van der Waals surface area (Å²) >= 11 is 3.44. The monoisotopic (exact) mass is 636 g/mol. The topological polar surface area (TPSA) is 34.1 Å². The second-order valence-electron chi connectivity index (χ2n) is 14.6. The number of rotatable bonds is 6. The molecule has 4 aliphatic rings. The highest BCUT2D eigenvalue weighted by atomic mass is 32.2. The first-order valence-electron chi connectivity index (χ1n) is 17.7. The van der Waals surface area contributed by atoms with Gasteiger partial charge >= 0.3 is 0 Å². The summed E-state index contributed by atoms with van der Waals surface area (Å²) < 4.78 is 0. The SMILES string of the molecule is Cc1ccc(Sc2cccc3c2C(=O)c2cccc(SC4CCCC(C5CCC(C6CCC(C)CC6)CC5)CC4)c2C3=O)cc1. The molecule has 3 saturated carbocycles. The van der Waals surface area contributed by atoms with Gasteiger partial charge in [0.15, 0.2) is 11.6 Å². The van der Waals surface area contributed by atoms with E-state index in [1.54, 1.807) is 11.8 Å². The van der Waals surface area contributed by atoms with E-state index in [1.165, 1.54) is 89.0 Å². The highest BCUT2D eigenvalue weighted by Crippen LogP contribution is 2.47. The molecule has 0 radical (unpaired) electrons. The molecule has 0 saturated heterocycles. The number of fused-ring (bicyclic) bond motifs is 2. The van der Waals surface area contributed by atoms with Gasteiger partial charge in [-0.15, -0.1) is 11.8 Å². The van der Waals surface area contributed by atoms with Crippen molar-refractivity contribution in [1.82, 2.24) is 0 Å². The summed E-state index contributed by atoms with van der Waals surface area (Å²) in [6.45, 7) is 4.51. The number of hydrogen-bond donors (Lipinski definition) is 0. The van der Waals surface area contributed by atoms with Crippen molar-refractivity contribution in [2.45, 2.75) is 117 Å². The number of carbonyl (C=O) groups excluding carboxylic acids is 2. The molecule has 0 amide bonds. The van der Waals surface area contributed by atoms with Crippen molar-refractivity contribution in [3.05, 3.63) is 88.5 Å². The van der Waals surface area contributed by atoms with Crippen LogP contribution in [0.5, 0.6) is 0 Å². The van der Waals surface area contributed by atoms with Crippen LogP contribution in [0.4, 0.5) is 0 Å². The second kappa shape index (κ2) is 13.8. The number of aryl methyl sites for hydroxylation is 1. The Morgan fingerprint density at radius 3 is 1.69 bits per heavy atom. The van der Waals surface area contributed by atoms with Gasteiger partial charge < -0.3 is 0 Å². The van der Waals surface area contributed by atoms with Crippen LogP contribution < -0.4 is 0 Å². The number of hydrogen-bond acceptors (Lipinski definition) is 4. The van der Waals surface area contributed by atoms with Crippen LogP contribution in [-0.4, -0.2) is 16.8 Å². The summed E-state index contributed by atoms with van der Waals surface area (Å²) in [6.07, 6.45) is 18.1. The first-order chi connectivity index (χ1) is 21.9. The van der Waals surface area contributed by atoms with Crippen molar-refractivity contribution < 1.29 is 9.59 Å². The number of carbonyl (C=O) groups is 2. The Morgan fingerprint density at radius 1 is 0.556 bits per heavy atom. The summed E-state index contributed by atoms with van der Waals surface area (Å²) in [5, 5.41) is 0.509. The minimum atomic E-state index is -0.0171. The van der Waals surface area contributed by atoms with Crippen LogP contribution in [0.1, 0.15) is 128 Å². The van der Waals surface area contributed by atoms with E-state index in [-0.39, 0.29) is 11.6 Å². The third-order valence-corrected chi connectivity index (χ3v) is 14.2. The summed E-state index contributed by atoms with van der Waals surface area (Å²) in [6, 6.07) is 20.0. The maximum atomic E-state index is 14.1. The third-order valence-electron chi connectivity index (χ3n) is 11.7. The lowest BCUT2D eigenvalue weighted by atomic mass is 9.67. The first kappa shape index (κ1) is 31.3. The minimum Gasteiger partial charge on any atom is -0.289 e. The van der Waals surface area contributed by atoms with E-state index in [0.29, 0.717) is 27.5 Å². The fraction of sp³-hybridized carbons (Fsp3) is 0.512. The van der Waals surface area contributed by atoms with Gasteiger partial charge in [0.25, 0.3) is 0 Å². The summed E-state index contributed by atoms with van der Waals surface area (Å²) in [7, 11) is 0. The molecule has 2 atom stereocenters. The van der Waals surface area contributed by atoms with Gasteiger partial charge in [-0.3, -0.25) is 9.59 Å². The fourth-order valence-corrected chi connectivity index (χ4v) is 11.4. The van der Waals surface area contributed by atoms with E-state index in [2.05, 4.69) is 44.2 Å². The van der Waals surface area contributed by atoms with Gasteiger partial charge in [0.1, 0.15) is 0 Å². The Bertz CT molecular complexity index is 1530. The molecular weight excluding hydrogens is 589 g/mol. The van der Waals surface area contributed by atoms with Gasteiger partial charge in [0, 0.05) is 42.2 Å². The standard InChI is InChI=1S/C41H48O2S2/c1-26-12-16-29(17-13-26)31-20-18-30(19-21-31)28-6-3-7-32(25-22-28)44-36-10-4-8-34-38(36)40(42)35-9-5-11-37(39(35)41(34)43)45-33-23-14-27(2)15-24-33/h4-5,8-11,14-15,23-24,26,28-32H,3,6-7,12-13,16-22,25H2,1-2H3. The fourth-order valence-electron chi connectivity index (χ4n) is 9.01. The molecule has 4 heteroatoms. The van der Waals surface area contributed by atoms with Crippen molar-refractivity contribution in [3.8, 4) is 0 Å². The van der Waals surface area contributed by atoms with Crippen molar-refractivity contribution in [2.75, 3.05) is 0 Å². The average Bonchev–Trinajstić information content (AvgIpc) is 3.30. The molecule has 236 valence electrons. The molecule has 2 unspecified atom stereocenters. The summed E-state index contributed by atoms with van der Waals surface area (Å²) in [5.41, 5.74) is 3.53. The van der Waals surface area contributed by atoms with Gasteiger partial charge in [0.05, 0.1) is 0 Å². The highest BCUT2D eigenvalue weighted by Gasteiger charge is 2.36. The summed E-state index contributed by atoms with van der Waals surface area (Å²) in [4.78, 5) is 31.0. The van der Waals surface area contributed by atoms with Crippen LogP contribution >= 0.6 is 23.5 Å². The molecule has 4 aliphatic carbocycles. The number of ketones is 2. The Morgan fingerprint density at radius 2 is 1.07 bits per heavy atom. The molecule has 45 heavy (non-hydrogen) atoms. The van der Waals surface area contributed by atoms with Gasteiger partial charge in [0.2, 0.25) is 0 Å². The normalized spacial score (nSPS) is 28.7. The van der Waals surface area contributed by atoms with Crippen molar-refractivity contribution in [3.63, 3.8) is 0 Å². The maximum Gasteiger partial charge on any atom is 0.195 e. The first-order valence-corrected chi connectivity index (χ1v) is 19.4. The maximum absolute atomic E-state index is 14.1. The van der Waals surface area contributed by atoms with Crippen molar-refractivity contribution >= 4 is 35.1 Å². The summed E-state index contributed by atoms with van der Waals surface area (Å²) in [5.74, 6) is 4.73. The Kier molecular flexibility index (Phi) is 9.61. The van der Waals surface area contributed by atoms with E-state index in [1.807, 2.05) is 42.1 Å². The van der Waals surface area contributed by atoms with Crippen LogP contribution in [0.3, 0.4) is 0 Å². The van der Waals surface area contributed by atoms with Crippen LogP contribution in [0.2, 0.25) is 0 Å². The number of benzene rings is 3. The Labute approximate surface area is 278 Å². The third kappa shape index (κ3) is 6.75. The molecule has 2 nitrogen and oxygen atoms in total. The highest BCUT2D eigenvalue weighted by molar-refractivity contribution is 8.00. The quantitative estimate of drug-likeness (QED) is 0.197. The van der Waals surface area contributed by atoms with Crippen LogP contribution in [0, 0.1) is 36.5 Å². The van der Waals surface area contributed by atoms with E-state index in [4.69, 9.17) is 0 Å². The van der Waals surface area contributed by atoms with Gasteiger partial charge in [-0.2, -0.15) is 0 Å². The lowest BCUT2D eigenvalue weighted by Gasteiger charge is -2.39. The molecule has 0 N–H and O–H groups in total. The van der Waals surface area contributed by atoms with E-state index < -0.39 is 0 Å². The molecule has 7 rings (SSSR count). The van der Waals surface area contributed by atoms with Crippen molar-refractivity contribution in [1.29, 1.82) is 0 Å². The molecular formula is C41H48O2S2. The smallest absolute Gasteiger partial charge is 0.195 e. The Balaban J connectivity index is 1.01. The lowest BCUT2D eigenvalue weighted by Crippen LogP contribution is -2.27. The van der Waals surface area contributed by atoms with Gasteiger partial charge in [-0.05, 0) is 119 Å². The zero-order valence-corrected chi connectivity index (χ0v) is 28.7. The second-order valence-corrected chi connectivity index (χ2v) is 17.1. The minimum absolute atomic E-state index is 0.00439. The predicted molar refractivity (Wildman–Crippen MR) is 188 cm³/mol. The zero-order chi connectivity index (χ0) is 30.9. The van der Waals surface area contributed by atoms with Gasteiger partial charge in [-0.25, -0.2) is 0 Å². The van der Waals surface area contributed by atoms with Crippen LogP contribution in [-0.2, 0) is 0 Å². The van der Waals surface area contributed by atoms with E-state index in [0.717, 1.165) is 44.3 Å². The molecule has 0 spiro atoms. The zero-order valence-electron chi connectivity index (χ0n) is 27.1. The molecule has 3 aromatic rings. The van der Waals surface area contributed by atoms with Crippen LogP contribution in [0.25, 0.3) is 0 Å². The molecule has 0 aromatic heterocycles. The predicted octanol–water partition coefficient (Wildman–Crippen LogP) is 11.6. The van der Waals surface area contributed by atoms with E-state index >= 15 is 0 Å². The molecule has 0 aliphatic heterocycles. The molecule has 0 bridgehead atoms. The van der Waals surface area contributed by atoms with Gasteiger partial charge in [-0.1, -0.05) is 86.3 Å². The molecule has 3 fully saturated rings.